The van der Waals surface area contributed by atoms with Crippen molar-refractivity contribution in [2.45, 2.75) is 52.4 Å². The molecule has 0 radical (unpaired) electrons. The third-order valence-corrected chi connectivity index (χ3v) is 6.16. The van der Waals surface area contributed by atoms with Crippen LogP contribution in [0.5, 0.6) is 5.75 Å². The Morgan fingerprint density at radius 2 is 1.34 bits per heavy atom. The van der Waals surface area contributed by atoms with E-state index in [0.29, 0.717) is 28.7 Å². The smallest absolute Gasteiger partial charge is 0.344 e. The van der Waals surface area contributed by atoms with Crippen LogP contribution in [0.3, 0.4) is 0 Å². The number of esters is 1. The monoisotopic (exact) mass is 430 g/mol. The van der Waals surface area contributed by atoms with Gasteiger partial charge in [-0.2, -0.15) is 0 Å². The highest BCUT2D eigenvalue weighted by molar-refractivity contribution is 6.00. The summed E-state index contributed by atoms with van der Waals surface area (Å²) in [6.07, 6.45) is 2.06. The summed E-state index contributed by atoms with van der Waals surface area (Å²) in [6.45, 7) is 8.59. The molecule has 3 rings (SSSR count). The molecule has 0 saturated heterocycles. The quantitative estimate of drug-likeness (QED) is 0.301. The van der Waals surface area contributed by atoms with Crippen LogP contribution in [0.2, 0.25) is 0 Å². The van der Waals surface area contributed by atoms with Crippen LogP contribution in [0.4, 0.5) is 0 Å². The molecule has 0 aromatic heterocycles. The minimum absolute atomic E-state index is 0.125. The highest BCUT2D eigenvalue weighted by Crippen LogP contribution is 2.29. The lowest BCUT2D eigenvalue weighted by atomic mass is 9.93. The number of carboxylic acids is 1. The van der Waals surface area contributed by atoms with Crippen LogP contribution in [0, 0.1) is 0 Å². The van der Waals surface area contributed by atoms with Gasteiger partial charge in [-0.15, -0.1) is 0 Å². The SMILES string of the molecule is CCC(C)c1ccc(OC(=O)c2ccc(C(=O)O)cc2-c2ccc(C(C)CC)cc2)cc1. The number of hydrogen-bond donors (Lipinski definition) is 1. The van der Waals surface area contributed by atoms with Gasteiger partial charge in [0.15, 0.2) is 0 Å². The molecule has 0 saturated carbocycles. The van der Waals surface area contributed by atoms with Gasteiger partial charge in [-0.3, -0.25) is 0 Å². The second-order valence-corrected chi connectivity index (χ2v) is 8.26. The summed E-state index contributed by atoms with van der Waals surface area (Å²) in [5.74, 6) is -0.227. The second kappa shape index (κ2) is 10.3. The van der Waals surface area contributed by atoms with Crippen molar-refractivity contribution >= 4 is 11.9 Å². The maximum absolute atomic E-state index is 13.0. The molecular weight excluding hydrogens is 400 g/mol. The molecule has 0 amide bonds. The molecule has 0 aliphatic rings. The number of hydrogen-bond acceptors (Lipinski definition) is 3. The van der Waals surface area contributed by atoms with Gasteiger partial charge in [-0.05, 0) is 77.3 Å². The lowest BCUT2D eigenvalue weighted by Crippen LogP contribution is -2.11. The Labute approximate surface area is 189 Å². The highest BCUT2D eigenvalue weighted by Gasteiger charge is 2.18. The molecule has 0 heterocycles. The Hall–Kier alpha value is -3.40. The van der Waals surface area contributed by atoms with E-state index < -0.39 is 11.9 Å². The predicted molar refractivity (Wildman–Crippen MR) is 128 cm³/mol. The van der Waals surface area contributed by atoms with Crippen molar-refractivity contribution in [1.82, 2.24) is 0 Å². The van der Waals surface area contributed by atoms with E-state index in [2.05, 4.69) is 27.7 Å². The van der Waals surface area contributed by atoms with Crippen LogP contribution >= 0.6 is 0 Å². The molecule has 4 nitrogen and oxygen atoms in total. The third-order valence-electron chi connectivity index (χ3n) is 6.16. The van der Waals surface area contributed by atoms with Gasteiger partial charge >= 0.3 is 11.9 Å². The van der Waals surface area contributed by atoms with E-state index in [1.54, 1.807) is 12.1 Å². The molecule has 0 fully saturated rings. The van der Waals surface area contributed by atoms with Crippen LogP contribution in [0.1, 0.15) is 84.2 Å². The van der Waals surface area contributed by atoms with Crippen LogP contribution in [0.15, 0.2) is 66.7 Å². The van der Waals surface area contributed by atoms with Gasteiger partial charge in [0, 0.05) is 0 Å². The summed E-state index contributed by atoms with van der Waals surface area (Å²) in [5, 5.41) is 9.44. The van der Waals surface area contributed by atoms with E-state index in [1.807, 2.05) is 36.4 Å². The van der Waals surface area contributed by atoms with Crippen molar-refractivity contribution in [2.24, 2.45) is 0 Å². The van der Waals surface area contributed by atoms with Crippen LogP contribution in [0.25, 0.3) is 11.1 Å². The number of benzene rings is 3. The molecule has 166 valence electrons. The van der Waals surface area contributed by atoms with E-state index in [0.717, 1.165) is 18.4 Å². The predicted octanol–water partition coefficient (Wildman–Crippen LogP) is 7.30. The normalized spacial score (nSPS) is 12.8. The van der Waals surface area contributed by atoms with Gasteiger partial charge in [0.2, 0.25) is 0 Å². The number of rotatable bonds is 8. The summed E-state index contributed by atoms with van der Waals surface area (Å²) in [7, 11) is 0. The molecule has 0 spiro atoms. The molecule has 4 heteroatoms. The first kappa shape index (κ1) is 23.3. The topological polar surface area (TPSA) is 63.6 Å². The number of ether oxygens (including phenoxy) is 1. The zero-order valence-electron chi connectivity index (χ0n) is 19.1. The molecule has 2 unspecified atom stereocenters. The van der Waals surface area contributed by atoms with E-state index in [1.165, 1.54) is 29.3 Å². The molecular formula is C28H30O4. The van der Waals surface area contributed by atoms with Gasteiger partial charge in [0.1, 0.15) is 5.75 Å². The molecule has 32 heavy (non-hydrogen) atoms. The minimum atomic E-state index is -1.04. The van der Waals surface area contributed by atoms with Gasteiger partial charge in [0.05, 0.1) is 11.1 Å². The standard InChI is InChI=1S/C28H30O4/c1-5-18(3)20-7-9-22(10-8-20)26-17-23(27(29)30)13-16-25(26)28(31)32-24-14-11-21(12-15-24)19(4)6-2/h7-19H,5-6H2,1-4H3,(H,29,30). The van der Waals surface area contributed by atoms with Gasteiger partial charge in [-0.25, -0.2) is 9.59 Å². The summed E-state index contributed by atoms with van der Waals surface area (Å²) >= 11 is 0. The zero-order valence-corrected chi connectivity index (χ0v) is 19.1. The number of aromatic carboxylic acids is 1. The second-order valence-electron chi connectivity index (χ2n) is 8.26. The van der Waals surface area contributed by atoms with Crippen LogP contribution in [-0.2, 0) is 0 Å². The summed E-state index contributed by atoms with van der Waals surface area (Å²) in [5.41, 5.74) is 4.18. The molecule has 3 aromatic rings. The van der Waals surface area contributed by atoms with E-state index >= 15 is 0 Å². The lowest BCUT2D eigenvalue weighted by Gasteiger charge is -2.14. The van der Waals surface area contributed by atoms with E-state index in [4.69, 9.17) is 4.74 Å². The molecule has 0 aliphatic heterocycles. The average Bonchev–Trinajstić information content (AvgIpc) is 2.83. The van der Waals surface area contributed by atoms with Crippen LogP contribution < -0.4 is 4.74 Å². The summed E-state index contributed by atoms with van der Waals surface area (Å²) < 4.78 is 5.62. The number of carbonyl (C=O) groups excluding carboxylic acids is 1. The fourth-order valence-corrected chi connectivity index (χ4v) is 3.58. The first-order valence-corrected chi connectivity index (χ1v) is 11.1. The van der Waals surface area contributed by atoms with Crippen molar-refractivity contribution in [1.29, 1.82) is 0 Å². The summed E-state index contributed by atoms with van der Waals surface area (Å²) in [6, 6.07) is 19.9. The largest absolute Gasteiger partial charge is 0.478 e. The van der Waals surface area contributed by atoms with E-state index in [9.17, 15) is 14.7 Å². The Balaban J connectivity index is 1.93. The Bertz CT molecular complexity index is 1080. The first-order chi connectivity index (χ1) is 15.3. The fourth-order valence-electron chi connectivity index (χ4n) is 3.58. The van der Waals surface area contributed by atoms with Crippen molar-refractivity contribution in [3.8, 4) is 16.9 Å². The first-order valence-electron chi connectivity index (χ1n) is 11.1. The van der Waals surface area contributed by atoms with Crippen molar-refractivity contribution in [3.63, 3.8) is 0 Å². The molecule has 1 N–H and O–H groups in total. The molecule has 0 aliphatic carbocycles. The maximum atomic E-state index is 13.0. The number of carboxylic acid groups (broad SMARTS) is 1. The Morgan fingerprint density at radius 3 is 1.84 bits per heavy atom. The minimum Gasteiger partial charge on any atom is -0.478 e. The van der Waals surface area contributed by atoms with Crippen molar-refractivity contribution < 1.29 is 19.4 Å². The van der Waals surface area contributed by atoms with Crippen molar-refractivity contribution in [3.05, 3.63) is 89.0 Å². The number of carbonyl (C=O) groups is 2. The Kier molecular flexibility index (Phi) is 7.47. The molecule has 3 aromatic carbocycles. The Morgan fingerprint density at radius 1 is 0.812 bits per heavy atom. The zero-order chi connectivity index (χ0) is 23.3. The molecule has 2 atom stereocenters. The van der Waals surface area contributed by atoms with Gasteiger partial charge in [-0.1, -0.05) is 64.1 Å². The summed E-state index contributed by atoms with van der Waals surface area (Å²) in [4.78, 5) is 24.6. The van der Waals surface area contributed by atoms with E-state index in [-0.39, 0.29) is 5.56 Å². The average molecular weight is 431 g/mol. The molecule has 0 bridgehead atoms. The maximum Gasteiger partial charge on any atom is 0.344 e. The highest BCUT2D eigenvalue weighted by atomic mass is 16.5. The van der Waals surface area contributed by atoms with Crippen molar-refractivity contribution in [2.75, 3.05) is 0 Å². The van der Waals surface area contributed by atoms with Gasteiger partial charge < -0.3 is 9.84 Å². The van der Waals surface area contributed by atoms with Crippen LogP contribution in [-0.4, -0.2) is 17.0 Å². The third kappa shape index (κ3) is 5.25. The fraction of sp³-hybridized carbons (Fsp3) is 0.286. The van der Waals surface area contributed by atoms with Gasteiger partial charge in [0.25, 0.3) is 0 Å². The lowest BCUT2D eigenvalue weighted by molar-refractivity contribution is 0.0692.